The summed E-state index contributed by atoms with van der Waals surface area (Å²) in [5.41, 5.74) is 10.3. The number of rotatable bonds is 3. The molecule has 1 unspecified atom stereocenters. The van der Waals surface area contributed by atoms with E-state index in [0.29, 0.717) is 12.2 Å². The van der Waals surface area contributed by atoms with Gasteiger partial charge in [0.25, 0.3) is 0 Å². The van der Waals surface area contributed by atoms with E-state index in [1.54, 1.807) is 7.05 Å². The summed E-state index contributed by atoms with van der Waals surface area (Å²) in [5.74, 6) is 0.700. The van der Waals surface area contributed by atoms with Crippen molar-refractivity contribution in [2.24, 2.45) is 12.8 Å². The van der Waals surface area contributed by atoms with Gasteiger partial charge in [0.1, 0.15) is 0 Å². The van der Waals surface area contributed by atoms with Gasteiger partial charge in [-0.3, -0.25) is 0 Å². The zero-order valence-electron chi connectivity index (χ0n) is 10.5. The van der Waals surface area contributed by atoms with Crippen LogP contribution < -0.4 is 5.73 Å². The van der Waals surface area contributed by atoms with Crippen molar-refractivity contribution >= 4 is 0 Å². The van der Waals surface area contributed by atoms with E-state index in [0.717, 1.165) is 0 Å². The van der Waals surface area contributed by atoms with E-state index in [4.69, 9.17) is 5.73 Å². The second kappa shape index (κ2) is 4.49. The third-order valence-electron chi connectivity index (χ3n) is 3.50. The Morgan fingerprint density at radius 3 is 2.94 bits per heavy atom. The summed E-state index contributed by atoms with van der Waals surface area (Å²) >= 11 is 0. The molecule has 0 aliphatic heterocycles. The fourth-order valence-corrected chi connectivity index (χ4v) is 2.54. The first-order valence-corrected chi connectivity index (χ1v) is 6.32. The van der Waals surface area contributed by atoms with Crippen LogP contribution in [0.4, 0.5) is 0 Å². The second-order valence-electron chi connectivity index (χ2n) is 4.89. The molecule has 0 saturated heterocycles. The lowest BCUT2D eigenvalue weighted by molar-refractivity contribution is 0.622. The van der Waals surface area contributed by atoms with Crippen LogP contribution in [0.2, 0.25) is 0 Å². The molecular formula is C13H17N5. The van der Waals surface area contributed by atoms with E-state index >= 15 is 0 Å². The van der Waals surface area contributed by atoms with Crippen LogP contribution in [-0.4, -0.2) is 20.2 Å². The number of aryl methyl sites for hydroxylation is 3. The van der Waals surface area contributed by atoms with E-state index in [1.165, 1.54) is 40.7 Å². The van der Waals surface area contributed by atoms with Crippen molar-refractivity contribution < 1.29 is 0 Å². The maximum atomic E-state index is 6.21. The molecular weight excluding hydrogens is 226 g/mol. The van der Waals surface area contributed by atoms with Gasteiger partial charge in [-0.05, 0) is 41.2 Å². The average molecular weight is 243 g/mol. The molecule has 2 N–H and O–H groups in total. The predicted molar refractivity (Wildman–Crippen MR) is 67.9 cm³/mol. The largest absolute Gasteiger partial charge is 0.324 e. The van der Waals surface area contributed by atoms with Gasteiger partial charge in [-0.25, -0.2) is 0 Å². The van der Waals surface area contributed by atoms with Crippen molar-refractivity contribution in [3.8, 4) is 0 Å². The van der Waals surface area contributed by atoms with E-state index in [1.807, 2.05) is 0 Å². The highest BCUT2D eigenvalue weighted by Gasteiger charge is 2.15. The van der Waals surface area contributed by atoms with E-state index in [2.05, 4.69) is 33.6 Å². The number of hydrogen-bond acceptors (Lipinski definition) is 4. The van der Waals surface area contributed by atoms with Gasteiger partial charge in [0.2, 0.25) is 0 Å². The van der Waals surface area contributed by atoms with Gasteiger partial charge < -0.3 is 5.73 Å². The molecule has 0 radical (unpaired) electrons. The van der Waals surface area contributed by atoms with Crippen LogP contribution in [0.15, 0.2) is 18.2 Å². The van der Waals surface area contributed by atoms with Crippen LogP contribution >= 0.6 is 0 Å². The first kappa shape index (κ1) is 11.3. The van der Waals surface area contributed by atoms with E-state index < -0.39 is 0 Å². The van der Waals surface area contributed by atoms with Crippen LogP contribution in [-0.2, 0) is 26.3 Å². The summed E-state index contributed by atoms with van der Waals surface area (Å²) in [6, 6.07) is 6.52. The summed E-state index contributed by atoms with van der Waals surface area (Å²) in [4.78, 5) is 1.46. The Morgan fingerprint density at radius 1 is 1.33 bits per heavy atom. The van der Waals surface area contributed by atoms with Crippen LogP contribution in [0.3, 0.4) is 0 Å². The number of fused-ring (bicyclic) bond motifs is 1. The lowest BCUT2D eigenvalue weighted by Crippen LogP contribution is -2.14. The molecule has 3 rings (SSSR count). The zero-order chi connectivity index (χ0) is 12.5. The Bertz CT molecular complexity index is 560. The lowest BCUT2D eigenvalue weighted by atomic mass is 9.99. The number of nitrogens with two attached hydrogens (primary N) is 1. The Balaban J connectivity index is 1.78. The summed E-state index contributed by atoms with van der Waals surface area (Å²) in [6.07, 6.45) is 4.28. The van der Waals surface area contributed by atoms with Crippen molar-refractivity contribution in [1.82, 2.24) is 20.2 Å². The monoisotopic (exact) mass is 243 g/mol. The highest BCUT2D eigenvalue weighted by atomic mass is 15.6. The molecule has 94 valence electrons. The Labute approximate surface area is 106 Å². The number of aromatic nitrogens is 4. The number of nitrogens with zero attached hydrogens (tertiary/aromatic N) is 4. The van der Waals surface area contributed by atoms with Crippen molar-refractivity contribution in [3.63, 3.8) is 0 Å². The van der Waals surface area contributed by atoms with Crippen LogP contribution in [0, 0.1) is 0 Å². The third kappa shape index (κ3) is 2.13. The molecule has 1 atom stereocenters. The van der Waals surface area contributed by atoms with Crippen molar-refractivity contribution in [2.75, 3.05) is 0 Å². The first-order chi connectivity index (χ1) is 8.72. The highest BCUT2D eigenvalue weighted by Crippen LogP contribution is 2.25. The molecule has 18 heavy (non-hydrogen) atoms. The van der Waals surface area contributed by atoms with Gasteiger partial charge in [-0.15, -0.1) is 10.2 Å². The molecule has 5 nitrogen and oxygen atoms in total. The van der Waals surface area contributed by atoms with Crippen molar-refractivity contribution in [1.29, 1.82) is 0 Å². The van der Waals surface area contributed by atoms with Gasteiger partial charge in [0, 0.05) is 12.5 Å². The Morgan fingerprint density at radius 2 is 2.17 bits per heavy atom. The quantitative estimate of drug-likeness (QED) is 0.871. The van der Waals surface area contributed by atoms with E-state index in [-0.39, 0.29) is 6.04 Å². The standard InChI is InChI=1S/C13H17N5/c1-18-16-13(15-17-18)8-12(14)11-6-5-9-3-2-4-10(9)7-11/h5-7,12H,2-4,8,14H2,1H3. The summed E-state index contributed by atoms with van der Waals surface area (Å²) in [6.45, 7) is 0. The molecule has 1 aliphatic rings. The highest BCUT2D eigenvalue weighted by molar-refractivity contribution is 5.36. The minimum absolute atomic E-state index is 0.0555. The number of hydrogen-bond donors (Lipinski definition) is 1. The van der Waals surface area contributed by atoms with Crippen LogP contribution in [0.5, 0.6) is 0 Å². The normalized spacial score (nSPS) is 15.7. The van der Waals surface area contributed by atoms with Crippen molar-refractivity contribution in [3.05, 3.63) is 40.7 Å². The summed E-state index contributed by atoms with van der Waals surface area (Å²) in [5, 5.41) is 12.0. The molecule has 0 fully saturated rings. The first-order valence-electron chi connectivity index (χ1n) is 6.32. The maximum absolute atomic E-state index is 6.21. The molecule has 0 saturated carbocycles. The number of benzene rings is 1. The van der Waals surface area contributed by atoms with Crippen LogP contribution in [0.1, 0.15) is 35.0 Å². The minimum Gasteiger partial charge on any atom is -0.324 e. The Hall–Kier alpha value is -1.75. The molecule has 1 heterocycles. The summed E-state index contributed by atoms with van der Waals surface area (Å²) < 4.78 is 0. The molecule has 2 aromatic rings. The molecule has 0 spiro atoms. The third-order valence-corrected chi connectivity index (χ3v) is 3.50. The van der Waals surface area contributed by atoms with Crippen molar-refractivity contribution in [2.45, 2.75) is 31.7 Å². The lowest BCUT2D eigenvalue weighted by Gasteiger charge is -2.11. The fourth-order valence-electron chi connectivity index (χ4n) is 2.54. The minimum atomic E-state index is -0.0555. The van der Waals surface area contributed by atoms with Gasteiger partial charge >= 0.3 is 0 Å². The van der Waals surface area contributed by atoms with Gasteiger partial charge in [0.15, 0.2) is 5.82 Å². The predicted octanol–water partition coefficient (Wildman–Crippen LogP) is 0.941. The molecule has 0 bridgehead atoms. The zero-order valence-corrected chi connectivity index (χ0v) is 10.5. The van der Waals surface area contributed by atoms with Crippen LogP contribution in [0.25, 0.3) is 0 Å². The maximum Gasteiger partial charge on any atom is 0.176 e. The number of tetrazole rings is 1. The topological polar surface area (TPSA) is 69.6 Å². The molecule has 0 amide bonds. The van der Waals surface area contributed by atoms with E-state index in [9.17, 15) is 0 Å². The van der Waals surface area contributed by atoms with Gasteiger partial charge in [-0.2, -0.15) is 4.80 Å². The second-order valence-corrected chi connectivity index (χ2v) is 4.89. The fraction of sp³-hybridized carbons (Fsp3) is 0.462. The average Bonchev–Trinajstić information content (AvgIpc) is 2.96. The smallest absolute Gasteiger partial charge is 0.176 e. The molecule has 1 aromatic carbocycles. The van der Waals surface area contributed by atoms with Gasteiger partial charge in [0.05, 0.1) is 7.05 Å². The van der Waals surface area contributed by atoms with Gasteiger partial charge in [-0.1, -0.05) is 18.2 Å². The SMILES string of the molecule is Cn1nnc(CC(N)c2ccc3c(c2)CCC3)n1. The summed E-state index contributed by atoms with van der Waals surface area (Å²) in [7, 11) is 1.76. The molecule has 1 aromatic heterocycles. The Kier molecular flexibility index (Phi) is 2.83. The molecule has 5 heteroatoms. The molecule has 1 aliphatic carbocycles.